The molecule has 8 heteroatoms. The quantitative estimate of drug-likeness (QED) is 0.756. The highest BCUT2D eigenvalue weighted by Gasteiger charge is 2.30. The predicted molar refractivity (Wildman–Crippen MR) is 88.4 cm³/mol. The van der Waals surface area contributed by atoms with E-state index in [0.717, 1.165) is 23.7 Å². The number of anilines is 2. The first kappa shape index (κ1) is 14.4. The molecule has 1 aliphatic carbocycles. The average Bonchev–Trinajstić information content (AvgIpc) is 3.26. The summed E-state index contributed by atoms with van der Waals surface area (Å²) in [6, 6.07) is 7.44. The van der Waals surface area contributed by atoms with E-state index in [9.17, 15) is 9.59 Å². The third kappa shape index (κ3) is 2.62. The number of amides is 1. The van der Waals surface area contributed by atoms with E-state index in [-0.39, 0.29) is 24.3 Å². The lowest BCUT2D eigenvalue weighted by Crippen LogP contribution is -2.17. The number of nitrogen functional groups attached to an aromatic ring is 1. The molecule has 2 aromatic heterocycles. The molecule has 24 heavy (non-hydrogen) atoms. The van der Waals surface area contributed by atoms with Crippen LogP contribution in [-0.2, 0) is 11.3 Å². The van der Waals surface area contributed by atoms with Crippen LogP contribution in [0.2, 0.25) is 0 Å². The van der Waals surface area contributed by atoms with Crippen molar-refractivity contribution in [2.75, 3.05) is 11.1 Å². The molecular formula is C16H16N6O2. The number of carbonyl (C=O) groups excluding carboxylic acids is 2. The van der Waals surface area contributed by atoms with Crippen molar-refractivity contribution in [2.24, 2.45) is 5.92 Å². The first-order valence-electron chi connectivity index (χ1n) is 7.71. The minimum Gasteiger partial charge on any atom is -0.397 e. The summed E-state index contributed by atoms with van der Waals surface area (Å²) in [5.41, 5.74) is 7.25. The zero-order chi connectivity index (χ0) is 16.7. The molecule has 1 saturated carbocycles. The van der Waals surface area contributed by atoms with Crippen molar-refractivity contribution in [1.29, 1.82) is 0 Å². The van der Waals surface area contributed by atoms with Gasteiger partial charge >= 0.3 is 0 Å². The minimum absolute atomic E-state index is 0.00438. The molecule has 2 heterocycles. The van der Waals surface area contributed by atoms with Crippen molar-refractivity contribution in [2.45, 2.75) is 19.4 Å². The molecule has 1 aromatic carbocycles. The van der Waals surface area contributed by atoms with Crippen LogP contribution in [0.4, 0.5) is 11.5 Å². The molecule has 1 amide bonds. The van der Waals surface area contributed by atoms with E-state index in [1.165, 1.54) is 9.25 Å². The number of fused-ring (bicyclic) bond motifs is 1. The van der Waals surface area contributed by atoms with Crippen LogP contribution in [0.3, 0.4) is 0 Å². The molecule has 3 aromatic rings. The van der Waals surface area contributed by atoms with E-state index in [4.69, 9.17) is 5.73 Å². The lowest BCUT2D eigenvalue weighted by atomic mass is 10.2. The molecule has 0 unspecified atom stereocenters. The molecule has 0 saturated heterocycles. The number of benzene rings is 1. The van der Waals surface area contributed by atoms with E-state index in [1.54, 1.807) is 12.4 Å². The van der Waals surface area contributed by atoms with Gasteiger partial charge in [-0.1, -0.05) is 23.4 Å². The van der Waals surface area contributed by atoms with Crippen molar-refractivity contribution in [3.8, 4) is 0 Å². The monoisotopic (exact) mass is 324 g/mol. The van der Waals surface area contributed by atoms with Gasteiger partial charge in [-0.3, -0.25) is 14.2 Å². The second kappa shape index (κ2) is 5.48. The highest BCUT2D eigenvalue weighted by atomic mass is 16.2. The number of nitrogens with zero attached hydrogens (tertiary/aromatic N) is 4. The lowest BCUT2D eigenvalue weighted by molar-refractivity contribution is -0.117. The Morgan fingerprint density at radius 3 is 2.83 bits per heavy atom. The van der Waals surface area contributed by atoms with Crippen molar-refractivity contribution < 1.29 is 9.59 Å². The van der Waals surface area contributed by atoms with Crippen LogP contribution in [-0.4, -0.2) is 31.4 Å². The molecular weight excluding hydrogens is 308 g/mol. The number of nitrogens with one attached hydrogen (secondary N) is 1. The maximum Gasteiger partial charge on any atom is 0.252 e. The Labute approximate surface area is 137 Å². The molecule has 0 spiro atoms. The number of hydrogen-bond acceptors (Lipinski definition) is 5. The van der Waals surface area contributed by atoms with Gasteiger partial charge in [-0.2, -0.15) is 0 Å². The Morgan fingerprint density at radius 2 is 2.04 bits per heavy atom. The number of para-hydroxylation sites is 1. The second-order valence-electron chi connectivity index (χ2n) is 5.93. The SMILES string of the molecule is Nc1cn(C(=O)Cn2cc(NC(=O)C3CC3)nn2)c2ccccc12. The summed E-state index contributed by atoms with van der Waals surface area (Å²) < 4.78 is 2.91. The van der Waals surface area contributed by atoms with Crippen LogP contribution in [0.1, 0.15) is 17.6 Å². The smallest absolute Gasteiger partial charge is 0.252 e. The van der Waals surface area contributed by atoms with Crippen LogP contribution in [0, 0.1) is 5.92 Å². The van der Waals surface area contributed by atoms with Gasteiger partial charge in [0.25, 0.3) is 5.91 Å². The molecule has 0 bridgehead atoms. The molecule has 3 N–H and O–H groups in total. The van der Waals surface area contributed by atoms with Gasteiger partial charge in [-0.15, -0.1) is 5.10 Å². The summed E-state index contributed by atoms with van der Waals surface area (Å²) >= 11 is 0. The zero-order valence-electron chi connectivity index (χ0n) is 12.8. The predicted octanol–water partition coefficient (Wildman–Crippen LogP) is 1.50. The Morgan fingerprint density at radius 1 is 1.25 bits per heavy atom. The largest absolute Gasteiger partial charge is 0.397 e. The summed E-state index contributed by atoms with van der Waals surface area (Å²) in [5.74, 6) is 0.216. The Bertz CT molecular complexity index is 937. The fourth-order valence-corrected chi connectivity index (χ4v) is 2.63. The van der Waals surface area contributed by atoms with Gasteiger partial charge in [0.15, 0.2) is 5.82 Å². The fourth-order valence-electron chi connectivity index (χ4n) is 2.63. The zero-order valence-corrected chi connectivity index (χ0v) is 12.8. The number of nitrogens with two attached hydrogens (primary N) is 1. The molecule has 4 rings (SSSR count). The van der Waals surface area contributed by atoms with Crippen LogP contribution in [0.5, 0.6) is 0 Å². The van der Waals surface area contributed by atoms with Gasteiger partial charge in [0.2, 0.25) is 5.91 Å². The third-order valence-corrected chi connectivity index (χ3v) is 4.05. The first-order chi connectivity index (χ1) is 11.6. The van der Waals surface area contributed by atoms with E-state index in [0.29, 0.717) is 11.5 Å². The first-order valence-corrected chi connectivity index (χ1v) is 7.71. The molecule has 0 radical (unpaired) electrons. The Kier molecular flexibility index (Phi) is 3.30. The number of carbonyl (C=O) groups is 2. The third-order valence-electron chi connectivity index (χ3n) is 4.05. The molecule has 122 valence electrons. The second-order valence-corrected chi connectivity index (χ2v) is 5.93. The summed E-state index contributed by atoms with van der Waals surface area (Å²) in [7, 11) is 0. The summed E-state index contributed by atoms with van der Waals surface area (Å²) in [6.45, 7) is 0.00438. The van der Waals surface area contributed by atoms with Crippen LogP contribution >= 0.6 is 0 Å². The number of aromatic nitrogens is 4. The maximum absolute atomic E-state index is 12.5. The molecule has 1 aliphatic rings. The summed E-state index contributed by atoms with van der Waals surface area (Å²) in [5, 5.41) is 11.3. The Balaban J connectivity index is 1.51. The van der Waals surface area contributed by atoms with Crippen molar-refractivity contribution >= 4 is 34.2 Å². The van der Waals surface area contributed by atoms with Crippen LogP contribution in [0.15, 0.2) is 36.7 Å². The Hall–Kier alpha value is -3.16. The normalized spacial score (nSPS) is 14.0. The van der Waals surface area contributed by atoms with E-state index in [1.807, 2.05) is 24.3 Å². The summed E-state index contributed by atoms with van der Waals surface area (Å²) in [4.78, 5) is 24.2. The lowest BCUT2D eigenvalue weighted by Gasteiger charge is -2.03. The van der Waals surface area contributed by atoms with Gasteiger partial charge in [-0.05, 0) is 18.9 Å². The van der Waals surface area contributed by atoms with Crippen LogP contribution in [0.25, 0.3) is 10.9 Å². The van der Waals surface area contributed by atoms with Crippen molar-refractivity contribution in [3.63, 3.8) is 0 Å². The maximum atomic E-state index is 12.5. The van der Waals surface area contributed by atoms with Gasteiger partial charge in [0.05, 0.1) is 17.4 Å². The average molecular weight is 324 g/mol. The van der Waals surface area contributed by atoms with Gasteiger partial charge in [0.1, 0.15) is 6.54 Å². The van der Waals surface area contributed by atoms with Gasteiger partial charge in [-0.25, -0.2) is 4.68 Å². The van der Waals surface area contributed by atoms with E-state index in [2.05, 4.69) is 15.6 Å². The number of hydrogen-bond donors (Lipinski definition) is 2. The van der Waals surface area contributed by atoms with Crippen molar-refractivity contribution in [1.82, 2.24) is 19.6 Å². The molecule has 8 nitrogen and oxygen atoms in total. The van der Waals surface area contributed by atoms with Crippen LogP contribution < -0.4 is 11.1 Å². The summed E-state index contributed by atoms with van der Waals surface area (Å²) in [6.07, 6.45) is 4.99. The minimum atomic E-state index is -0.187. The highest BCUT2D eigenvalue weighted by molar-refractivity contribution is 5.99. The molecule has 1 fully saturated rings. The van der Waals surface area contributed by atoms with Gasteiger partial charge < -0.3 is 11.1 Å². The van der Waals surface area contributed by atoms with Gasteiger partial charge in [0, 0.05) is 17.5 Å². The van der Waals surface area contributed by atoms with E-state index < -0.39 is 0 Å². The molecule has 0 atom stereocenters. The fraction of sp³-hybridized carbons (Fsp3) is 0.250. The van der Waals surface area contributed by atoms with E-state index >= 15 is 0 Å². The topological polar surface area (TPSA) is 108 Å². The van der Waals surface area contributed by atoms with Crippen molar-refractivity contribution in [3.05, 3.63) is 36.7 Å². The molecule has 0 aliphatic heterocycles. The highest BCUT2D eigenvalue weighted by Crippen LogP contribution is 2.29. The number of rotatable bonds is 4. The standard InChI is InChI=1S/C16H16N6O2/c17-12-7-22(13-4-2-1-3-11(12)13)15(23)9-21-8-14(19-20-21)18-16(24)10-5-6-10/h1-4,7-8,10H,5-6,9,17H2,(H,18,24).